The molecule has 0 bridgehead atoms. The van der Waals surface area contributed by atoms with Crippen LogP contribution >= 0.6 is 24.0 Å². The van der Waals surface area contributed by atoms with E-state index in [4.69, 9.17) is 9.47 Å². The molecular weight excluding hydrogens is 519 g/mol. The summed E-state index contributed by atoms with van der Waals surface area (Å²) in [4.78, 5) is 19.2. The lowest BCUT2D eigenvalue weighted by atomic mass is 10.0. The zero-order valence-corrected chi connectivity index (χ0v) is 21.1. The molecule has 0 atom stereocenters. The van der Waals surface area contributed by atoms with Crippen LogP contribution in [0.1, 0.15) is 25.3 Å². The van der Waals surface area contributed by atoms with E-state index in [0.29, 0.717) is 25.7 Å². The van der Waals surface area contributed by atoms with Gasteiger partial charge in [0.2, 0.25) is 5.91 Å². The normalized spacial score (nSPS) is 13.1. The lowest BCUT2D eigenvalue weighted by molar-refractivity contribution is -0.117. The summed E-state index contributed by atoms with van der Waals surface area (Å²) < 4.78 is 10.8. The number of carbonyl (C=O) groups is 1. The molecule has 1 aliphatic heterocycles. The number of methoxy groups -OCH3 is 1. The predicted octanol–water partition coefficient (Wildman–Crippen LogP) is 4.08. The molecule has 0 unspecified atom stereocenters. The number of anilines is 2. The third-order valence-electron chi connectivity index (χ3n) is 4.99. The summed E-state index contributed by atoms with van der Waals surface area (Å²) in [6, 6.07) is 15.8. The molecule has 7 nitrogen and oxygen atoms in total. The van der Waals surface area contributed by atoms with Crippen molar-refractivity contribution < 1.29 is 14.3 Å². The number of nitrogens with one attached hydrogen (secondary N) is 2. The molecule has 174 valence electrons. The van der Waals surface area contributed by atoms with Gasteiger partial charge in [-0.1, -0.05) is 24.3 Å². The molecule has 2 aromatic rings. The fraction of sp³-hybridized carbons (Fsp3) is 0.417. The van der Waals surface area contributed by atoms with Crippen molar-refractivity contribution in [3.63, 3.8) is 0 Å². The molecule has 32 heavy (non-hydrogen) atoms. The minimum atomic E-state index is -0.000389. The van der Waals surface area contributed by atoms with Gasteiger partial charge in [0.05, 0.1) is 6.61 Å². The van der Waals surface area contributed by atoms with E-state index in [1.165, 1.54) is 5.56 Å². The highest BCUT2D eigenvalue weighted by Crippen LogP contribution is 2.26. The second kappa shape index (κ2) is 13.9. The quantitative estimate of drug-likeness (QED) is 0.212. The summed E-state index contributed by atoms with van der Waals surface area (Å²) in [6.45, 7) is 4.77. The van der Waals surface area contributed by atoms with Gasteiger partial charge in [0.1, 0.15) is 12.3 Å². The van der Waals surface area contributed by atoms with Crippen molar-refractivity contribution in [2.24, 2.45) is 4.99 Å². The van der Waals surface area contributed by atoms with Crippen LogP contribution < -0.4 is 20.3 Å². The van der Waals surface area contributed by atoms with Gasteiger partial charge >= 0.3 is 0 Å². The monoisotopic (exact) mass is 552 g/mol. The van der Waals surface area contributed by atoms with Crippen molar-refractivity contribution in [3.05, 3.63) is 54.1 Å². The van der Waals surface area contributed by atoms with Crippen LogP contribution in [0.15, 0.2) is 53.5 Å². The molecule has 0 spiro atoms. The summed E-state index contributed by atoms with van der Waals surface area (Å²) in [5, 5.41) is 6.46. The van der Waals surface area contributed by atoms with Crippen LogP contribution in [0.5, 0.6) is 5.75 Å². The van der Waals surface area contributed by atoms with E-state index in [9.17, 15) is 4.79 Å². The molecular formula is C24H33IN4O3. The first-order valence-electron chi connectivity index (χ1n) is 10.9. The molecule has 0 fully saturated rings. The first-order chi connectivity index (χ1) is 15.2. The number of hydrogen-bond donors (Lipinski definition) is 2. The first kappa shape index (κ1) is 25.9. The lowest BCUT2D eigenvalue weighted by Gasteiger charge is -2.29. The van der Waals surface area contributed by atoms with Crippen molar-refractivity contribution >= 4 is 47.2 Å². The average Bonchev–Trinajstić information content (AvgIpc) is 2.80. The number of para-hydroxylation sites is 1. The highest BCUT2D eigenvalue weighted by molar-refractivity contribution is 14.0. The number of guanidine groups is 1. The third-order valence-corrected chi connectivity index (χ3v) is 4.99. The second-order valence-corrected chi connectivity index (χ2v) is 7.32. The van der Waals surface area contributed by atoms with Gasteiger partial charge in [0.15, 0.2) is 5.96 Å². The minimum absolute atomic E-state index is 0. The number of fused-ring (bicyclic) bond motifs is 1. The summed E-state index contributed by atoms with van der Waals surface area (Å²) >= 11 is 0. The number of hydrogen-bond acceptors (Lipinski definition) is 4. The average molecular weight is 552 g/mol. The molecule has 8 heteroatoms. The Morgan fingerprint density at radius 3 is 2.81 bits per heavy atom. The highest BCUT2D eigenvalue weighted by Gasteiger charge is 2.21. The van der Waals surface area contributed by atoms with Crippen molar-refractivity contribution in [2.45, 2.75) is 26.2 Å². The zero-order chi connectivity index (χ0) is 21.9. The maximum atomic E-state index is 12.9. The van der Waals surface area contributed by atoms with E-state index in [0.717, 1.165) is 42.9 Å². The largest absolute Gasteiger partial charge is 0.493 e. The van der Waals surface area contributed by atoms with Crippen molar-refractivity contribution in [2.75, 3.05) is 50.2 Å². The maximum Gasteiger partial charge on any atom is 0.248 e. The number of benzene rings is 2. The van der Waals surface area contributed by atoms with E-state index in [-0.39, 0.29) is 36.4 Å². The Balaban J connectivity index is 0.00000363. The summed E-state index contributed by atoms with van der Waals surface area (Å²) in [7, 11) is 1.68. The Labute approximate surface area is 207 Å². The van der Waals surface area contributed by atoms with E-state index in [2.05, 4.69) is 21.7 Å². The molecule has 3 rings (SSSR count). The van der Waals surface area contributed by atoms with E-state index in [1.807, 2.05) is 54.3 Å². The Kier molecular flexibility index (Phi) is 11.3. The molecule has 0 aromatic heterocycles. The summed E-state index contributed by atoms with van der Waals surface area (Å²) in [5.74, 6) is 1.34. The van der Waals surface area contributed by atoms with Crippen molar-refractivity contribution in [1.82, 2.24) is 5.32 Å². The second-order valence-electron chi connectivity index (χ2n) is 7.32. The summed E-state index contributed by atoms with van der Waals surface area (Å²) in [6.07, 6.45) is 2.82. The molecule has 2 aromatic carbocycles. The number of carbonyl (C=O) groups excluding carboxylic acids is 1. The van der Waals surface area contributed by atoms with E-state index >= 15 is 0 Å². The van der Waals surface area contributed by atoms with E-state index < -0.39 is 0 Å². The van der Waals surface area contributed by atoms with Crippen molar-refractivity contribution in [3.8, 4) is 5.75 Å². The number of rotatable bonds is 9. The predicted molar refractivity (Wildman–Crippen MR) is 141 cm³/mol. The van der Waals surface area contributed by atoms with Gasteiger partial charge in [-0.2, -0.15) is 0 Å². The van der Waals surface area contributed by atoms with Gasteiger partial charge in [-0.25, -0.2) is 4.99 Å². The van der Waals surface area contributed by atoms with Gasteiger partial charge in [-0.15, -0.1) is 24.0 Å². The van der Waals surface area contributed by atoms with Crippen LogP contribution in [-0.4, -0.2) is 51.8 Å². The van der Waals surface area contributed by atoms with Crippen LogP contribution in [0.3, 0.4) is 0 Å². The molecule has 1 amide bonds. The fourth-order valence-corrected chi connectivity index (χ4v) is 3.53. The minimum Gasteiger partial charge on any atom is -0.493 e. The molecule has 0 saturated carbocycles. The number of ether oxygens (including phenoxy) is 2. The standard InChI is InChI=1S/C24H32N4O3.HI/c1-3-25-24(27-20-11-6-12-21(17-20)31-16-8-15-30-2)26-18-23(29)28-14-7-10-19-9-4-5-13-22(19)28;/h4-6,9,11-13,17H,3,7-8,10,14-16,18H2,1-2H3,(H2,25,26,27);1H. The Morgan fingerprint density at radius 1 is 1.16 bits per heavy atom. The maximum absolute atomic E-state index is 12.9. The highest BCUT2D eigenvalue weighted by atomic mass is 127. The topological polar surface area (TPSA) is 75.2 Å². The van der Waals surface area contributed by atoms with Crippen molar-refractivity contribution in [1.29, 1.82) is 0 Å². The molecule has 1 aliphatic rings. The first-order valence-corrected chi connectivity index (χ1v) is 10.9. The molecule has 0 aliphatic carbocycles. The van der Waals surface area contributed by atoms with Crippen LogP contribution in [0.4, 0.5) is 11.4 Å². The van der Waals surface area contributed by atoms with Crippen LogP contribution in [0.25, 0.3) is 0 Å². The number of aliphatic imine (C=N–C) groups is 1. The van der Waals surface area contributed by atoms with Gasteiger partial charge in [-0.05, 0) is 43.5 Å². The SMILES string of the molecule is CCNC(=NCC(=O)N1CCCc2ccccc21)Nc1cccc(OCCCOC)c1.I. The Bertz CT molecular complexity index is 891. The molecule has 1 heterocycles. The van der Waals surface area contributed by atoms with E-state index in [1.54, 1.807) is 7.11 Å². The zero-order valence-electron chi connectivity index (χ0n) is 18.8. The number of nitrogens with zero attached hydrogens (tertiary/aromatic N) is 2. The summed E-state index contributed by atoms with van der Waals surface area (Å²) in [5.41, 5.74) is 3.07. The van der Waals surface area contributed by atoms with Gasteiger partial charge in [0.25, 0.3) is 0 Å². The Morgan fingerprint density at radius 2 is 2.00 bits per heavy atom. The van der Waals surface area contributed by atoms with Crippen LogP contribution in [0.2, 0.25) is 0 Å². The fourth-order valence-electron chi connectivity index (χ4n) is 3.53. The van der Waals surface area contributed by atoms with Gasteiger partial charge < -0.3 is 25.0 Å². The third kappa shape index (κ3) is 7.67. The van der Waals surface area contributed by atoms with Crippen LogP contribution in [-0.2, 0) is 16.0 Å². The number of halogens is 1. The van der Waals surface area contributed by atoms with Gasteiger partial charge in [-0.3, -0.25) is 4.79 Å². The van der Waals surface area contributed by atoms with Gasteiger partial charge in [0, 0.05) is 50.7 Å². The number of amides is 1. The smallest absolute Gasteiger partial charge is 0.248 e. The number of aryl methyl sites for hydroxylation is 1. The lowest BCUT2D eigenvalue weighted by Crippen LogP contribution is -2.38. The molecule has 2 N–H and O–H groups in total. The molecule has 0 saturated heterocycles. The molecule has 0 radical (unpaired) electrons. The van der Waals surface area contributed by atoms with Crippen LogP contribution in [0, 0.1) is 0 Å². The Hall–Kier alpha value is -2.33.